The van der Waals surface area contributed by atoms with Gasteiger partial charge in [0.05, 0.1) is 35.0 Å². The lowest BCUT2D eigenvalue weighted by molar-refractivity contribution is 0.0704. The molecule has 0 atom stereocenters. The van der Waals surface area contributed by atoms with Crippen LogP contribution in [-0.2, 0) is 0 Å². The molecule has 2 aromatic heterocycles. The topological polar surface area (TPSA) is 185 Å². The number of nitrogens with zero attached hydrogens (tertiary/aromatic N) is 4. The van der Waals surface area contributed by atoms with Crippen LogP contribution in [0.15, 0.2) is 60.9 Å². The van der Waals surface area contributed by atoms with E-state index in [1.807, 2.05) is 21.9 Å². The molecule has 3 fully saturated rings. The SMILES string of the molecule is COc1cc(C(=O)N2CCC(c3cnc(N)cc3OC)CC2)ccc1O.COc1cc(C(=O)N2CCC(c3cnc(N)cc3OC)CC2)ccc1OCC1CCC1. The fourth-order valence-electron chi connectivity index (χ4n) is 7.64. The number of phenols is 1. The molecule has 4 aromatic rings. The van der Waals surface area contributed by atoms with Crippen molar-refractivity contribution < 1.29 is 38.4 Å². The number of likely N-dealkylation sites (tertiary alicyclic amines) is 2. The molecule has 0 spiro atoms. The van der Waals surface area contributed by atoms with Gasteiger partial charge in [0.15, 0.2) is 23.0 Å². The van der Waals surface area contributed by atoms with Crippen LogP contribution in [0, 0.1) is 5.92 Å². The number of pyridine rings is 2. The summed E-state index contributed by atoms with van der Waals surface area (Å²) in [5.41, 5.74) is 14.7. The van der Waals surface area contributed by atoms with Crippen molar-refractivity contribution in [2.75, 3.05) is 72.7 Å². The van der Waals surface area contributed by atoms with Crippen LogP contribution in [0.5, 0.6) is 34.5 Å². The number of benzene rings is 2. The number of carbonyl (C=O) groups excluding carboxylic acids is 2. The van der Waals surface area contributed by atoms with Crippen molar-refractivity contribution in [2.45, 2.75) is 56.8 Å². The van der Waals surface area contributed by atoms with E-state index >= 15 is 0 Å². The molecule has 1 aliphatic carbocycles. The van der Waals surface area contributed by atoms with Gasteiger partial charge in [-0.05, 0) is 92.7 Å². The van der Waals surface area contributed by atoms with E-state index in [1.165, 1.54) is 32.4 Å². The van der Waals surface area contributed by atoms with Crippen LogP contribution in [0.25, 0.3) is 0 Å². The molecular formula is C43H54N6O8. The second-order valence-corrected chi connectivity index (χ2v) is 14.7. The number of carbonyl (C=O) groups is 2. The van der Waals surface area contributed by atoms with E-state index < -0.39 is 0 Å². The number of rotatable bonds is 11. The van der Waals surface area contributed by atoms with Crippen molar-refractivity contribution in [3.8, 4) is 34.5 Å². The summed E-state index contributed by atoms with van der Waals surface area (Å²) in [5.74, 6) is 5.17. The summed E-state index contributed by atoms with van der Waals surface area (Å²) in [5, 5.41) is 9.68. The monoisotopic (exact) mass is 782 g/mol. The minimum absolute atomic E-state index is 0.0182. The molecular weight excluding hydrogens is 729 g/mol. The molecule has 304 valence electrons. The molecule has 2 amide bonds. The van der Waals surface area contributed by atoms with Crippen molar-refractivity contribution >= 4 is 23.5 Å². The zero-order chi connectivity index (χ0) is 40.5. The van der Waals surface area contributed by atoms with E-state index in [0.717, 1.165) is 48.3 Å². The minimum Gasteiger partial charge on any atom is -0.504 e. The Morgan fingerprint density at radius 2 is 1.09 bits per heavy atom. The summed E-state index contributed by atoms with van der Waals surface area (Å²) in [6.45, 7) is 3.35. The van der Waals surface area contributed by atoms with Crippen LogP contribution in [0.4, 0.5) is 11.6 Å². The third kappa shape index (κ3) is 9.73. The maximum absolute atomic E-state index is 13.1. The smallest absolute Gasteiger partial charge is 0.253 e. The van der Waals surface area contributed by atoms with Gasteiger partial charge in [0.1, 0.15) is 23.1 Å². The Kier molecular flexibility index (Phi) is 13.4. The number of nitrogen functional groups attached to an aromatic ring is 2. The molecule has 2 aliphatic heterocycles. The maximum Gasteiger partial charge on any atom is 0.253 e. The summed E-state index contributed by atoms with van der Waals surface area (Å²) in [6, 6.07) is 13.6. The van der Waals surface area contributed by atoms with Gasteiger partial charge in [-0.15, -0.1) is 0 Å². The summed E-state index contributed by atoms with van der Waals surface area (Å²) < 4.78 is 27.4. The predicted molar refractivity (Wildman–Crippen MR) is 217 cm³/mol. The van der Waals surface area contributed by atoms with E-state index in [4.69, 9.17) is 35.2 Å². The van der Waals surface area contributed by atoms with Crippen molar-refractivity contribution in [3.05, 3.63) is 83.2 Å². The number of phenolic OH excluding ortho intramolecular Hbond substituents is 1. The highest BCUT2D eigenvalue weighted by Crippen LogP contribution is 2.37. The number of hydrogen-bond acceptors (Lipinski definition) is 12. The number of piperidine rings is 2. The normalized spacial score (nSPS) is 16.1. The maximum atomic E-state index is 13.1. The van der Waals surface area contributed by atoms with Crippen LogP contribution >= 0.6 is 0 Å². The van der Waals surface area contributed by atoms with Gasteiger partial charge < -0.3 is 50.1 Å². The zero-order valence-electron chi connectivity index (χ0n) is 33.2. The number of amides is 2. The van der Waals surface area contributed by atoms with Gasteiger partial charge in [0.2, 0.25) is 0 Å². The van der Waals surface area contributed by atoms with Crippen molar-refractivity contribution in [1.29, 1.82) is 0 Å². The second kappa shape index (κ2) is 18.8. The molecule has 57 heavy (non-hydrogen) atoms. The van der Waals surface area contributed by atoms with E-state index in [0.29, 0.717) is 84.6 Å². The van der Waals surface area contributed by atoms with Crippen molar-refractivity contribution in [2.24, 2.45) is 5.92 Å². The average Bonchev–Trinajstić information content (AvgIpc) is 3.23. The average molecular weight is 783 g/mol. The van der Waals surface area contributed by atoms with Crippen LogP contribution in [0.2, 0.25) is 0 Å². The van der Waals surface area contributed by atoms with Gasteiger partial charge in [-0.2, -0.15) is 0 Å². The Bertz CT molecular complexity index is 2010. The molecule has 0 radical (unpaired) electrons. The van der Waals surface area contributed by atoms with Crippen LogP contribution in [0.3, 0.4) is 0 Å². The van der Waals surface area contributed by atoms with Crippen LogP contribution in [0.1, 0.15) is 88.6 Å². The molecule has 7 rings (SSSR count). The predicted octanol–water partition coefficient (Wildman–Crippen LogP) is 6.29. The first-order chi connectivity index (χ1) is 27.6. The molecule has 14 heteroatoms. The van der Waals surface area contributed by atoms with Crippen molar-refractivity contribution in [3.63, 3.8) is 0 Å². The van der Waals surface area contributed by atoms with E-state index in [9.17, 15) is 14.7 Å². The fraction of sp³-hybridized carbons (Fsp3) is 0.442. The third-order valence-electron chi connectivity index (χ3n) is 11.3. The Labute approximate surface area is 334 Å². The molecule has 3 aliphatic rings. The lowest BCUT2D eigenvalue weighted by Gasteiger charge is -2.32. The van der Waals surface area contributed by atoms with Gasteiger partial charge in [-0.1, -0.05) is 6.42 Å². The van der Waals surface area contributed by atoms with Gasteiger partial charge in [-0.3, -0.25) is 9.59 Å². The number of aromatic nitrogens is 2. The lowest BCUT2D eigenvalue weighted by Crippen LogP contribution is -2.38. The molecule has 5 N–H and O–H groups in total. The highest BCUT2D eigenvalue weighted by atomic mass is 16.5. The molecule has 1 saturated carbocycles. The van der Waals surface area contributed by atoms with E-state index in [1.54, 1.807) is 64.1 Å². The number of hydrogen-bond donors (Lipinski definition) is 3. The summed E-state index contributed by atoms with van der Waals surface area (Å²) in [4.78, 5) is 37.9. The first-order valence-corrected chi connectivity index (χ1v) is 19.5. The minimum atomic E-state index is -0.0656. The van der Waals surface area contributed by atoms with Gasteiger partial charge in [-0.25, -0.2) is 9.97 Å². The van der Waals surface area contributed by atoms with E-state index in [-0.39, 0.29) is 23.5 Å². The molecule has 0 unspecified atom stereocenters. The first kappa shape index (κ1) is 40.7. The Hall–Kier alpha value is -5.92. The highest BCUT2D eigenvalue weighted by Gasteiger charge is 2.29. The largest absolute Gasteiger partial charge is 0.504 e. The Morgan fingerprint density at radius 3 is 1.53 bits per heavy atom. The summed E-state index contributed by atoms with van der Waals surface area (Å²) in [7, 11) is 6.33. The molecule has 2 aromatic carbocycles. The molecule has 4 heterocycles. The number of methoxy groups -OCH3 is 4. The van der Waals surface area contributed by atoms with Gasteiger partial charge in [0, 0.05) is 73.0 Å². The first-order valence-electron chi connectivity index (χ1n) is 19.5. The van der Waals surface area contributed by atoms with Crippen LogP contribution < -0.4 is 35.2 Å². The molecule has 14 nitrogen and oxygen atoms in total. The highest BCUT2D eigenvalue weighted by molar-refractivity contribution is 5.95. The number of nitrogens with two attached hydrogens (primary N) is 2. The molecule has 0 bridgehead atoms. The third-order valence-corrected chi connectivity index (χ3v) is 11.3. The summed E-state index contributed by atoms with van der Waals surface area (Å²) in [6.07, 6.45) is 10.7. The van der Waals surface area contributed by atoms with Crippen LogP contribution in [-0.4, -0.2) is 97.9 Å². The second-order valence-electron chi connectivity index (χ2n) is 14.7. The quantitative estimate of drug-likeness (QED) is 0.155. The standard InChI is InChI=1S/C24H31N3O4.C19H23N3O4/c1-29-21-13-23(25)26-14-19(21)17-8-10-27(11-9-17)24(28)18-6-7-20(22(12-18)30-2)31-15-16-4-3-5-16;1-25-16-10-18(20)21-11-14(16)12-5-7-22(8-6-12)19(24)13-3-4-15(23)17(9-13)26-2/h6-7,12-14,16-17H,3-5,8-11,15H2,1-2H3,(H2,25,26);3-4,9-12,23H,5-8H2,1-2H3,(H2,20,21). The lowest BCUT2D eigenvalue weighted by atomic mass is 9.86. The Balaban J connectivity index is 0.000000196. The number of anilines is 2. The van der Waals surface area contributed by atoms with Gasteiger partial charge >= 0.3 is 0 Å². The number of ether oxygens (including phenoxy) is 5. The van der Waals surface area contributed by atoms with Gasteiger partial charge in [0.25, 0.3) is 11.8 Å². The number of aromatic hydroxyl groups is 1. The molecule has 2 saturated heterocycles. The van der Waals surface area contributed by atoms with E-state index in [2.05, 4.69) is 9.97 Å². The fourth-order valence-corrected chi connectivity index (χ4v) is 7.64. The Morgan fingerprint density at radius 1 is 0.632 bits per heavy atom. The summed E-state index contributed by atoms with van der Waals surface area (Å²) >= 11 is 0. The zero-order valence-corrected chi connectivity index (χ0v) is 33.2. The van der Waals surface area contributed by atoms with Crippen molar-refractivity contribution in [1.82, 2.24) is 19.8 Å².